The molecule has 15 nitrogen and oxygen atoms in total. The van der Waals surface area contributed by atoms with E-state index in [4.69, 9.17) is 16.3 Å². The Balaban J connectivity index is 0.696. The van der Waals surface area contributed by atoms with E-state index in [2.05, 4.69) is 70.2 Å². The summed E-state index contributed by atoms with van der Waals surface area (Å²) in [6, 6.07) is 22.0. The molecule has 0 saturated carbocycles. The predicted octanol–water partition coefficient (Wildman–Crippen LogP) is 6.32. The number of carbonyl (C=O) groups excluding carboxylic acids is 4. The zero-order valence-electron chi connectivity index (χ0n) is 36.7. The molecule has 3 saturated heterocycles. The van der Waals surface area contributed by atoms with Crippen LogP contribution in [0.25, 0.3) is 10.9 Å². The summed E-state index contributed by atoms with van der Waals surface area (Å²) in [5.74, 6) is -0.753. The molecule has 1 aromatic heterocycles. The summed E-state index contributed by atoms with van der Waals surface area (Å²) in [5.41, 5.74) is 6.38. The third-order valence-electron chi connectivity index (χ3n) is 13.0. The molecule has 0 radical (unpaired) electrons. The van der Waals surface area contributed by atoms with Crippen molar-refractivity contribution in [2.75, 3.05) is 68.9 Å². The zero-order valence-corrected chi connectivity index (χ0v) is 37.5. The van der Waals surface area contributed by atoms with Gasteiger partial charge in [0.25, 0.3) is 5.91 Å². The Morgan fingerprint density at radius 1 is 0.909 bits per heavy atom. The van der Waals surface area contributed by atoms with Crippen molar-refractivity contribution in [3.63, 3.8) is 0 Å². The van der Waals surface area contributed by atoms with Crippen LogP contribution in [-0.2, 0) is 34.0 Å². The van der Waals surface area contributed by atoms with Gasteiger partial charge in [-0.15, -0.1) is 0 Å². The largest absolute Gasteiger partial charge is 0.494 e. The van der Waals surface area contributed by atoms with Crippen molar-refractivity contribution in [1.82, 2.24) is 34.9 Å². The molecule has 5 aromatic rings. The topological polar surface area (TPSA) is 164 Å². The fraction of sp³-hybridized carbons (Fsp3) is 0.347. The Labute approximate surface area is 387 Å². The summed E-state index contributed by atoms with van der Waals surface area (Å²) in [4.78, 5) is 68.3. The van der Waals surface area contributed by atoms with Crippen LogP contribution in [0.1, 0.15) is 52.7 Å². The van der Waals surface area contributed by atoms with Crippen molar-refractivity contribution in [3.8, 4) is 5.75 Å². The molecule has 4 aliphatic rings. The van der Waals surface area contributed by atoms with E-state index in [0.29, 0.717) is 71.5 Å². The minimum absolute atomic E-state index is 0.0126. The van der Waals surface area contributed by atoms with Crippen molar-refractivity contribution in [2.45, 2.75) is 57.4 Å². The van der Waals surface area contributed by atoms with Crippen molar-refractivity contribution in [1.29, 1.82) is 0 Å². The predicted molar refractivity (Wildman–Crippen MR) is 251 cm³/mol. The standard InChI is InChI=1S/C49H52ClFN10O5/c1-66-44-26-41-36(47(54-30-53-41)55-33-11-12-39(51)38(50)24-33)25-42(44)56-45(62)6-3-17-58-18-15-34(16-19-58)60-22-20-59(21-23-60)28-32-9-7-31(8-10-32)27-52-40-5-2-4-35-37(40)29-61(49(35)65)43-13-14-46(63)57-48(43)64/h2-12,24-26,30,34,43,52H,13-23,27-29H2,1H3,(H,56,62)(H,53,54,55)(H,57,63,64)/b6-3+. The first-order chi connectivity index (χ1) is 32.1. The minimum Gasteiger partial charge on any atom is -0.494 e. The number of nitrogens with zero attached hydrogens (tertiary/aromatic N) is 6. The van der Waals surface area contributed by atoms with Gasteiger partial charge >= 0.3 is 0 Å². The monoisotopic (exact) mass is 914 g/mol. The lowest BCUT2D eigenvalue weighted by Crippen LogP contribution is -2.52. The van der Waals surface area contributed by atoms with E-state index in [-0.39, 0.29) is 29.2 Å². The maximum Gasteiger partial charge on any atom is 0.255 e. The number of piperazine rings is 1. The summed E-state index contributed by atoms with van der Waals surface area (Å²) in [7, 11) is 1.53. The van der Waals surface area contributed by atoms with Gasteiger partial charge in [0.2, 0.25) is 17.7 Å². The number of likely N-dealkylation sites (tertiary alicyclic amines) is 1. The van der Waals surface area contributed by atoms with Gasteiger partial charge in [-0.1, -0.05) is 48.0 Å². The van der Waals surface area contributed by atoms with E-state index in [0.717, 1.165) is 75.5 Å². The van der Waals surface area contributed by atoms with E-state index >= 15 is 0 Å². The third kappa shape index (κ3) is 10.2. The molecule has 0 spiro atoms. The van der Waals surface area contributed by atoms with Crippen LogP contribution in [0.5, 0.6) is 5.75 Å². The summed E-state index contributed by atoms with van der Waals surface area (Å²) < 4.78 is 19.3. The van der Waals surface area contributed by atoms with Crippen LogP contribution in [0, 0.1) is 5.82 Å². The fourth-order valence-electron chi connectivity index (χ4n) is 9.37. The molecule has 1 unspecified atom stereocenters. The van der Waals surface area contributed by atoms with Crippen molar-refractivity contribution < 1.29 is 28.3 Å². The molecule has 1 atom stereocenters. The van der Waals surface area contributed by atoms with Crippen LogP contribution in [-0.4, -0.2) is 118 Å². The van der Waals surface area contributed by atoms with Crippen LogP contribution >= 0.6 is 11.6 Å². The molecule has 4 aliphatic heterocycles. The number of methoxy groups -OCH3 is 1. The highest BCUT2D eigenvalue weighted by Gasteiger charge is 2.40. The minimum atomic E-state index is -0.639. The van der Waals surface area contributed by atoms with E-state index in [1.54, 1.807) is 35.2 Å². The zero-order chi connectivity index (χ0) is 45.7. The second kappa shape index (κ2) is 20.0. The molecular formula is C49H52ClFN10O5. The quantitative estimate of drug-likeness (QED) is 0.0725. The van der Waals surface area contributed by atoms with Gasteiger partial charge in [-0.05, 0) is 79.9 Å². The van der Waals surface area contributed by atoms with Crippen LogP contribution < -0.4 is 26.0 Å². The van der Waals surface area contributed by atoms with Crippen LogP contribution in [0.3, 0.4) is 0 Å². The number of piperidine rings is 2. The van der Waals surface area contributed by atoms with Crippen molar-refractivity contribution in [2.24, 2.45) is 0 Å². The highest BCUT2D eigenvalue weighted by atomic mass is 35.5. The van der Waals surface area contributed by atoms with Crippen molar-refractivity contribution in [3.05, 3.63) is 124 Å². The number of halogens is 2. The number of amides is 4. The van der Waals surface area contributed by atoms with E-state index < -0.39 is 17.8 Å². The number of carbonyl (C=O) groups is 4. The maximum absolute atomic E-state index is 13.7. The number of hydrogen-bond acceptors (Lipinski definition) is 12. The molecular weight excluding hydrogens is 863 g/mol. The average Bonchev–Trinajstić information content (AvgIpc) is 3.66. The Morgan fingerprint density at radius 2 is 1.70 bits per heavy atom. The molecule has 0 bridgehead atoms. The first-order valence-corrected chi connectivity index (χ1v) is 22.8. The first kappa shape index (κ1) is 44.7. The Hall–Kier alpha value is -6.46. The van der Waals surface area contributed by atoms with Gasteiger partial charge in [0, 0.05) is 105 Å². The van der Waals surface area contributed by atoms with Crippen molar-refractivity contribution >= 4 is 69.0 Å². The highest BCUT2D eigenvalue weighted by molar-refractivity contribution is 6.31. The number of aromatic nitrogens is 2. The number of rotatable bonds is 14. The Kier molecular flexibility index (Phi) is 13.5. The second-order valence-corrected chi connectivity index (χ2v) is 17.6. The summed E-state index contributed by atoms with van der Waals surface area (Å²) in [5, 5.41) is 12.6. The van der Waals surface area contributed by atoms with E-state index in [1.807, 2.05) is 18.2 Å². The molecule has 9 rings (SSSR count). The van der Waals surface area contributed by atoms with Gasteiger partial charge in [-0.2, -0.15) is 0 Å². The van der Waals surface area contributed by atoms with Gasteiger partial charge in [0.05, 0.1) is 23.3 Å². The SMILES string of the molecule is COc1cc2ncnc(Nc3ccc(F)c(Cl)c3)c2cc1NC(=O)/C=C/CN1CCC(N2CCN(Cc3ccc(CNc4cccc5c4CN(C4CCC(=O)NC4=O)C5=O)cc3)CC2)CC1. The number of nitrogens with one attached hydrogen (secondary N) is 4. The van der Waals surface area contributed by atoms with Gasteiger partial charge in [-0.3, -0.25) is 39.2 Å². The summed E-state index contributed by atoms with van der Waals surface area (Å²) in [6.07, 6.45) is 7.62. The smallest absolute Gasteiger partial charge is 0.255 e. The van der Waals surface area contributed by atoms with Gasteiger partial charge in [0.15, 0.2) is 0 Å². The van der Waals surface area contributed by atoms with Crippen LogP contribution in [0.2, 0.25) is 5.02 Å². The number of fused-ring (bicyclic) bond motifs is 2. The Bertz CT molecular complexity index is 2670. The number of anilines is 4. The lowest BCUT2D eigenvalue weighted by atomic mass is 10.0. The van der Waals surface area contributed by atoms with E-state index in [1.165, 1.54) is 31.1 Å². The molecule has 5 heterocycles. The second-order valence-electron chi connectivity index (χ2n) is 17.2. The van der Waals surface area contributed by atoms with Crippen LogP contribution in [0.15, 0.2) is 91.3 Å². The lowest BCUT2D eigenvalue weighted by molar-refractivity contribution is -0.137. The molecule has 4 amide bonds. The summed E-state index contributed by atoms with van der Waals surface area (Å²) >= 11 is 5.98. The maximum atomic E-state index is 13.7. The first-order valence-electron chi connectivity index (χ1n) is 22.4. The molecule has 66 heavy (non-hydrogen) atoms. The molecule has 3 fully saturated rings. The average molecular weight is 915 g/mol. The molecule has 17 heteroatoms. The fourth-order valence-corrected chi connectivity index (χ4v) is 9.55. The Morgan fingerprint density at radius 3 is 2.45 bits per heavy atom. The van der Waals surface area contributed by atoms with Gasteiger partial charge in [0.1, 0.15) is 29.8 Å². The van der Waals surface area contributed by atoms with Gasteiger partial charge < -0.3 is 25.6 Å². The molecule has 342 valence electrons. The number of benzene rings is 4. The van der Waals surface area contributed by atoms with Gasteiger partial charge in [-0.25, -0.2) is 14.4 Å². The third-order valence-corrected chi connectivity index (χ3v) is 13.3. The normalized spacial score (nSPS) is 18.7. The molecule has 4 aromatic carbocycles. The highest BCUT2D eigenvalue weighted by Crippen LogP contribution is 2.35. The molecule has 4 N–H and O–H groups in total. The lowest BCUT2D eigenvalue weighted by Gasteiger charge is -2.42. The number of imide groups is 1. The van der Waals surface area contributed by atoms with Crippen LogP contribution in [0.4, 0.5) is 27.3 Å². The molecule has 0 aliphatic carbocycles. The number of hydrogen-bond donors (Lipinski definition) is 4. The van der Waals surface area contributed by atoms with E-state index in [9.17, 15) is 23.6 Å². The number of ether oxygens (including phenoxy) is 1. The summed E-state index contributed by atoms with van der Waals surface area (Å²) in [6.45, 7) is 8.57.